The first kappa shape index (κ1) is 27.1. The molecule has 1 aromatic heterocycles. The Kier molecular flexibility index (Phi) is 8.28. The molecule has 1 heterocycles. The number of rotatable bonds is 11. The molecule has 9 heteroatoms. The molecule has 0 saturated carbocycles. The molecule has 0 bridgehead atoms. The quantitative estimate of drug-likeness (QED) is 0.0886. The molecule has 0 radical (unpaired) electrons. The molecule has 0 N–H and O–H groups in total. The number of nitrogens with zero attached hydrogens (tertiary/aromatic N) is 3. The maximum absolute atomic E-state index is 11.3. The molecule has 198 valence electrons. The van der Waals surface area contributed by atoms with Crippen molar-refractivity contribution < 1.29 is 19.1 Å². The zero-order valence-corrected chi connectivity index (χ0v) is 23.4. The second-order valence-electron chi connectivity index (χ2n) is 10.2. The Bertz CT molecular complexity index is 1380. The average molecular weight is 532 g/mol. The molecule has 4 rings (SSSR count). The number of ether oxygens (including phenoxy) is 3. The number of benzene rings is 3. The summed E-state index contributed by atoms with van der Waals surface area (Å²) in [5.74, 6) is 2.18. The molecular weight excluding hydrogens is 498 g/mol. The summed E-state index contributed by atoms with van der Waals surface area (Å²) >= 11 is 0. The normalized spacial score (nSPS) is 11.4. The van der Waals surface area contributed by atoms with Gasteiger partial charge in [0.15, 0.2) is 0 Å². The van der Waals surface area contributed by atoms with Gasteiger partial charge in [0.25, 0.3) is 5.69 Å². The number of non-ortho nitro benzene ring substituents is 1. The molecule has 0 fully saturated rings. The summed E-state index contributed by atoms with van der Waals surface area (Å²) in [6.45, 7) is 7.90. The highest BCUT2D eigenvalue weighted by atomic mass is 28.3. The minimum atomic E-state index is -1.27. The third kappa shape index (κ3) is 6.30. The fraction of sp³-hybridized carbons (Fsp3) is 0.276. The van der Waals surface area contributed by atoms with Crippen molar-refractivity contribution in [1.29, 1.82) is 0 Å². The van der Waals surface area contributed by atoms with E-state index in [1.54, 1.807) is 26.4 Å². The first-order valence-electron chi connectivity index (χ1n) is 12.4. The monoisotopic (exact) mass is 531 g/mol. The lowest BCUT2D eigenvalue weighted by atomic mass is 10.0. The standard InChI is InChI=1S/C29H33N3O5Si/c1-35-25-14-8-21(9-15-25)27-28(22-10-16-26(36-2)17-11-22)31(20-37-18-19-38(3,4)5)29(30-27)23-6-12-24(13-7-23)32(33)34/h6-17H,18-20H2,1-5H3. The molecule has 0 aliphatic heterocycles. The van der Waals surface area contributed by atoms with E-state index in [9.17, 15) is 10.1 Å². The van der Waals surface area contributed by atoms with E-state index in [1.807, 2.05) is 53.1 Å². The number of nitro benzene ring substituents is 1. The van der Waals surface area contributed by atoms with Crippen LogP contribution in [0, 0.1) is 10.1 Å². The number of aromatic nitrogens is 2. The SMILES string of the molecule is COc1ccc(-c2nc(-c3ccc([N+](=O)[O-])cc3)n(COCC[Si](C)(C)C)c2-c2ccc(OC)cc2)cc1. The number of hydrogen-bond donors (Lipinski definition) is 0. The topological polar surface area (TPSA) is 88.7 Å². The molecule has 38 heavy (non-hydrogen) atoms. The Morgan fingerprint density at radius 1 is 0.816 bits per heavy atom. The van der Waals surface area contributed by atoms with Gasteiger partial charge in [-0.3, -0.25) is 14.7 Å². The third-order valence-electron chi connectivity index (χ3n) is 6.25. The van der Waals surface area contributed by atoms with Crippen molar-refractivity contribution in [2.45, 2.75) is 32.4 Å². The van der Waals surface area contributed by atoms with Gasteiger partial charge < -0.3 is 14.2 Å². The number of hydrogen-bond acceptors (Lipinski definition) is 6. The van der Waals surface area contributed by atoms with E-state index in [0.29, 0.717) is 19.2 Å². The maximum atomic E-state index is 11.3. The van der Waals surface area contributed by atoms with Gasteiger partial charge >= 0.3 is 0 Å². The lowest BCUT2D eigenvalue weighted by Gasteiger charge is -2.18. The third-order valence-corrected chi connectivity index (χ3v) is 7.95. The molecule has 0 aliphatic carbocycles. The molecule has 3 aromatic carbocycles. The highest BCUT2D eigenvalue weighted by molar-refractivity contribution is 6.76. The van der Waals surface area contributed by atoms with E-state index < -0.39 is 13.0 Å². The van der Waals surface area contributed by atoms with E-state index in [-0.39, 0.29) is 5.69 Å². The van der Waals surface area contributed by atoms with Crippen molar-refractivity contribution in [2.24, 2.45) is 0 Å². The van der Waals surface area contributed by atoms with Gasteiger partial charge in [0.2, 0.25) is 0 Å². The summed E-state index contributed by atoms with van der Waals surface area (Å²) in [6, 6.07) is 23.1. The second-order valence-corrected chi connectivity index (χ2v) is 15.8. The van der Waals surface area contributed by atoms with Crippen LogP contribution in [-0.4, -0.2) is 43.4 Å². The van der Waals surface area contributed by atoms with Crippen LogP contribution in [0.1, 0.15) is 0 Å². The van der Waals surface area contributed by atoms with Crippen LogP contribution < -0.4 is 9.47 Å². The molecule has 0 saturated heterocycles. The largest absolute Gasteiger partial charge is 0.497 e. The zero-order valence-electron chi connectivity index (χ0n) is 22.4. The summed E-state index contributed by atoms with van der Waals surface area (Å²) in [5.41, 5.74) is 4.33. The lowest BCUT2D eigenvalue weighted by Crippen LogP contribution is -2.22. The Labute approximate surface area is 224 Å². The molecule has 4 aromatic rings. The van der Waals surface area contributed by atoms with E-state index in [2.05, 4.69) is 19.6 Å². The smallest absolute Gasteiger partial charge is 0.269 e. The summed E-state index contributed by atoms with van der Waals surface area (Å²) in [4.78, 5) is 15.9. The Morgan fingerprint density at radius 3 is 1.84 bits per heavy atom. The number of methoxy groups -OCH3 is 2. The van der Waals surface area contributed by atoms with Crippen LogP contribution in [0.2, 0.25) is 25.7 Å². The van der Waals surface area contributed by atoms with Crippen LogP contribution >= 0.6 is 0 Å². The minimum absolute atomic E-state index is 0.0315. The van der Waals surface area contributed by atoms with Crippen LogP contribution in [0.5, 0.6) is 11.5 Å². The molecule has 0 aliphatic rings. The predicted octanol–water partition coefficient (Wildman–Crippen LogP) is 7.12. The van der Waals surface area contributed by atoms with Crippen LogP contribution in [0.4, 0.5) is 5.69 Å². The molecule has 0 spiro atoms. The van der Waals surface area contributed by atoms with Crippen molar-refractivity contribution in [3.05, 3.63) is 82.9 Å². The van der Waals surface area contributed by atoms with Gasteiger partial charge in [0.05, 0.1) is 30.5 Å². The fourth-order valence-corrected chi connectivity index (χ4v) is 4.81. The summed E-state index contributed by atoms with van der Waals surface area (Å²) in [6.07, 6.45) is 0. The van der Waals surface area contributed by atoms with Gasteiger partial charge in [0.1, 0.15) is 24.1 Å². The summed E-state index contributed by atoms with van der Waals surface area (Å²) in [7, 11) is 2.00. The summed E-state index contributed by atoms with van der Waals surface area (Å²) < 4.78 is 19.0. The fourth-order valence-electron chi connectivity index (χ4n) is 4.06. The molecule has 0 atom stereocenters. The van der Waals surface area contributed by atoms with Crippen molar-refractivity contribution >= 4 is 13.8 Å². The van der Waals surface area contributed by atoms with Crippen LogP contribution in [0.15, 0.2) is 72.8 Å². The zero-order chi connectivity index (χ0) is 27.3. The molecule has 8 nitrogen and oxygen atoms in total. The van der Waals surface area contributed by atoms with Crippen LogP contribution in [0.25, 0.3) is 33.9 Å². The van der Waals surface area contributed by atoms with Crippen LogP contribution in [0.3, 0.4) is 0 Å². The molecular formula is C29H33N3O5Si. The first-order chi connectivity index (χ1) is 18.2. The Balaban J connectivity index is 1.88. The minimum Gasteiger partial charge on any atom is -0.497 e. The predicted molar refractivity (Wildman–Crippen MR) is 152 cm³/mol. The lowest BCUT2D eigenvalue weighted by molar-refractivity contribution is -0.384. The van der Waals surface area contributed by atoms with Crippen molar-refractivity contribution in [1.82, 2.24) is 9.55 Å². The van der Waals surface area contributed by atoms with E-state index in [4.69, 9.17) is 19.2 Å². The Morgan fingerprint density at radius 2 is 1.34 bits per heavy atom. The highest BCUT2D eigenvalue weighted by Gasteiger charge is 2.22. The molecule has 0 amide bonds. The van der Waals surface area contributed by atoms with Crippen molar-refractivity contribution in [3.63, 3.8) is 0 Å². The van der Waals surface area contributed by atoms with Gasteiger partial charge in [-0.05, 0) is 66.7 Å². The average Bonchev–Trinajstić information content (AvgIpc) is 3.30. The number of imidazole rings is 1. The van der Waals surface area contributed by atoms with E-state index >= 15 is 0 Å². The van der Waals surface area contributed by atoms with Gasteiger partial charge in [-0.25, -0.2) is 4.98 Å². The van der Waals surface area contributed by atoms with Gasteiger partial charge in [0, 0.05) is 43.5 Å². The summed E-state index contributed by atoms with van der Waals surface area (Å²) in [5, 5.41) is 11.3. The van der Waals surface area contributed by atoms with E-state index in [0.717, 1.165) is 45.6 Å². The maximum Gasteiger partial charge on any atom is 0.269 e. The van der Waals surface area contributed by atoms with Gasteiger partial charge in [-0.15, -0.1) is 0 Å². The van der Waals surface area contributed by atoms with Crippen molar-refractivity contribution in [3.8, 4) is 45.4 Å². The van der Waals surface area contributed by atoms with E-state index in [1.165, 1.54) is 12.1 Å². The highest BCUT2D eigenvalue weighted by Crippen LogP contribution is 2.38. The second kappa shape index (κ2) is 11.6. The van der Waals surface area contributed by atoms with Gasteiger partial charge in [-0.1, -0.05) is 19.6 Å². The van der Waals surface area contributed by atoms with Crippen molar-refractivity contribution in [2.75, 3.05) is 20.8 Å². The number of nitro groups is 1. The molecule has 0 unspecified atom stereocenters. The van der Waals surface area contributed by atoms with Gasteiger partial charge in [-0.2, -0.15) is 0 Å². The van der Waals surface area contributed by atoms with Crippen LogP contribution in [-0.2, 0) is 11.5 Å². The Hall–Kier alpha value is -3.95. The first-order valence-corrected chi connectivity index (χ1v) is 16.1.